The molecule has 2 heterocycles. The molecule has 1 atom stereocenters. The summed E-state index contributed by atoms with van der Waals surface area (Å²) in [5.74, 6) is -0.395. The van der Waals surface area contributed by atoms with Crippen molar-refractivity contribution in [3.63, 3.8) is 0 Å². The van der Waals surface area contributed by atoms with Crippen molar-refractivity contribution in [2.75, 3.05) is 0 Å². The highest BCUT2D eigenvalue weighted by Crippen LogP contribution is 2.22. The molecule has 1 unspecified atom stereocenters. The van der Waals surface area contributed by atoms with Crippen LogP contribution in [0.4, 0.5) is 4.39 Å². The smallest absolute Gasteiger partial charge is 0.290 e. The topological polar surface area (TPSA) is 73.0 Å². The van der Waals surface area contributed by atoms with E-state index >= 15 is 0 Å². The first-order chi connectivity index (χ1) is 12.4. The van der Waals surface area contributed by atoms with Crippen LogP contribution in [0.25, 0.3) is 11.3 Å². The van der Waals surface area contributed by atoms with Crippen LogP contribution in [0.15, 0.2) is 41.1 Å². The fourth-order valence-corrected chi connectivity index (χ4v) is 2.76. The number of halogens is 1. The van der Waals surface area contributed by atoms with Crippen molar-refractivity contribution < 1.29 is 13.7 Å². The largest absolute Gasteiger partial charge is 0.350 e. The Bertz CT molecular complexity index is 899. The van der Waals surface area contributed by atoms with Crippen LogP contribution >= 0.6 is 0 Å². The van der Waals surface area contributed by atoms with Gasteiger partial charge in [-0.15, -0.1) is 0 Å². The van der Waals surface area contributed by atoms with Gasteiger partial charge in [-0.2, -0.15) is 5.10 Å². The predicted octanol–water partition coefficient (Wildman–Crippen LogP) is 3.27. The van der Waals surface area contributed by atoms with E-state index in [1.54, 1.807) is 22.9 Å². The average Bonchev–Trinajstić information content (AvgIpc) is 3.20. The molecule has 0 aliphatic heterocycles. The van der Waals surface area contributed by atoms with Crippen LogP contribution < -0.4 is 5.32 Å². The van der Waals surface area contributed by atoms with E-state index in [1.807, 2.05) is 27.1 Å². The van der Waals surface area contributed by atoms with Crippen LogP contribution in [0.2, 0.25) is 0 Å². The summed E-state index contributed by atoms with van der Waals surface area (Å²) >= 11 is 0. The Morgan fingerprint density at radius 3 is 2.73 bits per heavy atom. The van der Waals surface area contributed by atoms with Crippen molar-refractivity contribution in [3.05, 3.63) is 59.4 Å². The average molecular weight is 356 g/mol. The number of carbonyl (C=O) groups is 1. The summed E-state index contributed by atoms with van der Waals surface area (Å²) < 4.78 is 19.8. The molecule has 6 nitrogen and oxygen atoms in total. The number of hydrogen-bond acceptors (Lipinski definition) is 4. The van der Waals surface area contributed by atoms with Gasteiger partial charge in [-0.3, -0.25) is 9.48 Å². The molecule has 1 aromatic carbocycles. The predicted molar refractivity (Wildman–Crippen MR) is 95.1 cm³/mol. The number of nitrogens with one attached hydrogen (secondary N) is 1. The molecule has 2 aromatic heterocycles. The zero-order valence-corrected chi connectivity index (χ0v) is 15.0. The minimum absolute atomic E-state index is 0.0544. The Balaban J connectivity index is 1.57. The van der Waals surface area contributed by atoms with Crippen molar-refractivity contribution >= 4 is 5.91 Å². The monoisotopic (exact) mass is 356 g/mol. The molecule has 26 heavy (non-hydrogen) atoms. The summed E-state index contributed by atoms with van der Waals surface area (Å²) in [6, 6.07) is 7.95. The quantitative estimate of drug-likeness (QED) is 0.736. The number of aryl methyl sites for hydroxylation is 3. The zero-order valence-electron chi connectivity index (χ0n) is 15.0. The van der Waals surface area contributed by atoms with E-state index < -0.39 is 0 Å². The van der Waals surface area contributed by atoms with E-state index in [1.165, 1.54) is 12.1 Å². The summed E-state index contributed by atoms with van der Waals surface area (Å²) in [6.07, 6.45) is 3.32. The fraction of sp³-hybridized carbons (Fsp3) is 0.316. The first-order valence-electron chi connectivity index (χ1n) is 8.45. The van der Waals surface area contributed by atoms with Crippen LogP contribution in [0, 0.1) is 12.7 Å². The van der Waals surface area contributed by atoms with Crippen molar-refractivity contribution in [2.45, 2.75) is 32.7 Å². The highest BCUT2D eigenvalue weighted by atomic mass is 19.1. The van der Waals surface area contributed by atoms with E-state index in [4.69, 9.17) is 4.52 Å². The van der Waals surface area contributed by atoms with E-state index in [2.05, 4.69) is 15.6 Å². The third-order valence-electron chi connectivity index (χ3n) is 4.18. The van der Waals surface area contributed by atoms with Gasteiger partial charge in [0.25, 0.3) is 5.91 Å². The Morgan fingerprint density at radius 1 is 1.35 bits per heavy atom. The maximum atomic E-state index is 12.9. The highest BCUT2D eigenvalue weighted by molar-refractivity contribution is 5.92. The van der Waals surface area contributed by atoms with Gasteiger partial charge in [-0.25, -0.2) is 4.39 Å². The molecule has 7 heteroatoms. The Labute approximate surface area is 151 Å². The number of carbonyl (C=O) groups excluding carboxylic acids is 1. The van der Waals surface area contributed by atoms with E-state index in [9.17, 15) is 9.18 Å². The Hall–Kier alpha value is -2.96. The van der Waals surface area contributed by atoms with Crippen LogP contribution in [0.3, 0.4) is 0 Å². The Morgan fingerprint density at radius 2 is 2.08 bits per heavy atom. The van der Waals surface area contributed by atoms with Gasteiger partial charge < -0.3 is 9.84 Å². The molecular formula is C19H21FN4O2. The molecule has 136 valence electrons. The van der Waals surface area contributed by atoms with Gasteiger partial charge in [0.05, 0.1) is 5.69 Å². The molecule has 0 radical (unpaired) electrons. The van der Waals surface area contributed by atoms with Gasteiger partial charge in [0, 0.05) is 30.9 Å². The molecule has 0 spiro atoms. The lowest BCUT2D eigenvalue weighted by molar-refractivity contribution is 0.0901. The summed E-state index contributed by atoms with van der Waals surface area (Å²) in [5, 5.41) is 11.1. The maximum absolute atomic E-state index is 12.9. The third-order valence-corrected chi connectivity index (χ3v) is 4.18. The summed E-state index contributed by atoms with van der Waals surface area (Å²) in [7, 11) is 1.83. The number of hydrogen-bond donors (Lipinski definition) is 1. The van der Waals surface area contributed by atoms with Crippen molar-refractivity contribution in [2.24, 2.45) is 7.05 Å². The summed E-state index contributed by atoms with van der Waals surface area (Å²) in [6.45, 7) is 3.80. The minimum Gasteiger partial charge on any atom is -0.350 e. The zero-order chi connectivity index (χ0) is 18.7. The third kappa shape index (κ3) is 4.17. The Kier molecular flexibility index (Phi) is 5.16. The van der Waals surface area contributed by atoms with Gasteiger partial charge in [0.15, 0.2) is 0 Å². The van der Waals surface area contributed by atoms with Crippen LogP contribution in [0.5, 0.6) is 0 Å². The lowest BCUT2D eigenvalue weighted by Gasteiger charge is -2.12. The molecule has 0 bridgehead atoms. The van der Waals surface area contributed by atoms with Crippen molar-refractivity contribution in [1.29, 1.82) is 0 Å². The highest BCUT2D eigenvalue weighted by Gasteiger charge is 2.18. The van der Waals surface area contributed by atoms with E-state index in [0.29, 0.717) is 5.69 Å². The molecule has 0 fully saturated rings. The maximum Gasteiger partial charge on any atom is 0.290 e. The molecule has 0 saturated carbocycles. The molecule has 0 saturated heterocycles. The standard InChI is InChI=1S/C19H21FN4O2/c1-12(4-5-14-6-8-15(20)9-7-14)21-19(25)18-10-17(23-26-18)16-11-24(3)22-13(16)2/h6-12H,4-5H2,1-3H3,(H,21,25). The number of rotatable bonds is 6. The van der Waals surface area contributed by atoms with Crippen LogP contribution in [0.1, 0.15) is 35.2 Å². The fourth-order valence-electron chi connectivity index (χ4n) is 2.76. The SMILES string of the molecule is Cc1nn(C)cc1-c1cc(C(=O)NC(C)CCc2ccc(F)cc2)on1. The van der Waals surface area contributed by atoms with Crippen molar-refractivity contribution in [1.82, 2.24) is 20.3 Å². The van der Waals surface area contributed by atoms with Gasteiger partial charge in [0.1, 0.15) is 11.5 Å². The lowest BCUT2D eigenvalue weighted by Crippen LogP contribution is -2.32. The second kappa shape index (κ2) is 7.51. The first-order valence-corrected chi connectivity index (χ1v) is 8.45. The number of aromatic nitrogens is 3. The van der Waals surface area contributed by atoms with Gasteiger partial charge in [-0.05, 0) is 44.4 Å². The molecule has 3 aromatic rings. The number of benzene rings is 1. The lowest BCUT2D eigenvalue weighted by atomic mass is 10.1. The molecule has 1 N–H and O–H groups in total. The second-order valence-electron chi connectivity index (χ2n) is 6.42. The molecule has 0 aliphatic carbocycles. The first kappa shape index (κ1) is 17.8. The van der Waals surface area contributed by atoms with Gasteiger partial charge >= 0.3 is 0 Å². The van der Waals surface area contributed by atoms with E-state index in [-0.39, 0.29) is 23.5 Å². The number of amides is 1. The summed E-state index contributed by atoms with van der Waals surface area (Å²) in [4.78, 5) is 12.3. The molecular weight excluding hydrogens is 335 g/mol. The summed E-state index contributed by atoms with van der Waals surface area (Å²) in [5.41, 5.74) is 3.27. The minimum atomic E-state index is -0.308. The molecule has 0 aliphatic rings. The normalized spacial score (nSPS) is 12.2. The number of nitrogens with zero attached hydrogens (tertiary/aromatic N) is 3. The molecule has 3 rings (SSSR count). The second-order valence-corrected chi connectivity index (χ2v) is 6.42. The van der Waals surface area contributed by atoms with E-state index in [0.717, 1.165) is 29.7 Å². The van der Waals surface area contributed by atoms with Crippen LogP contribution in [-0.2, 0) is 13.5 Å². The van der Waals surface area contributed by atoms with Gasteiger partial charge in [-0.1, -0.05) is 17.3 Å². The molecule has 1 amide bonds. The van der Waals surface area contributed by atoms with Crippen LogP contribution in [-0.4, -0.2) is 26.9 Å². The van der Waals surface area contributed by atoms with Crippen molar-refractivity contribution in [3.8, 4) is 11.3 Å². The van der Waals surface area contributed by atoms with Gasteiger partial charge in [0.2, 0.25) is 5.76 Å².